The van der Waals surface area contributed by atoms with E-state index >= 15 is 0 Å². The average Bonchev–Trinajstić information content (AvgIpc) is 2.42. The van der Waals surface area contributed by atoms with E-state index in [4.69, 9.17) is 11.6 Å². The fourth-order valence-electron chi connectivity index (χ4n) is 1.76. The van der Waals surface area contributed by atoms with Gasteiger partial charge in [-0.05, 0) is 48.4 Å². The quantitative estimate of drug-likeness (QED) is 0.840. The van der Waals surface area contributed by atoms with Gasteiger partial charge in [0, 0.05) is 17.1 Å². The maximum atomic E-state index is 13.0. The molecule has 1 amide bonds. The molecule has 0 radical (unpaired) electrons. The standard InChI is InChI=1S/C15H13ClFNO/c1-10-7-13(17)5-6-14(10)18-15(19)12-4-2-3-11(8-12)9-16/h2-8H,9H2,1H3,(H,18,19). The predicted molar refractivity (Wildman–Crippen MR) is 75.1 cm³/mol. The molecule has 0 saturated carbocycles. The van der Waals surface area contributed by atoms with Crippen molar-refractivity contribution in [2.24, 2.45) is 0 Å². The lowest BCUT2D eigenvalue weighted by atomic mass is 10.1. The number of hydrogen-bond donors (Lipinski definition) is 1. The summed E-state index contributed by atoms with van der Waals surface area (Å²) >= 11 is 5.73. The van der Waals surface area contributed by atoms with Gasteiger partial charge in [0.1, 0.15) is 5.82 Å². The Balaban J connectivity index is 2.20. The Morgan fingerprint density at radius 1 is 1.26 bits per heavy atom. The zero-order chi connectivity index (χ0) is 13.8. The van der Waals surface area contributed by atoms with Gasteiger partial charge in [-0.2, -0.15) is 0 Å². The van der Waals surface area contributed by atoms with Gasteiger partial charge in [0.25, 0.3) is 5.91 Å². The summed E-state index contributed by atoms with van der Waals surface area (Å²) in [5.74, 6) is -0.197. The molecule has 4 heteroatoms. The largest absolute Gasteiger partial charge is 0.322 e. The van der Waals surface area contributed by atoms with Crippen molar-refractivity contribution in [2.75, 3.05) is 5.32 Å². The third-order valence-corrected chi connectivity index (χ3v) is 3.09. The zero-order valence-corrected chi connectivity index (χ0v) is 11.2. The molecule has 0 spiro atoms. The Hall–Kier alpha value is -1.87. The van der Waals surface area contributed by atoms with Crippen LogP contribution in [-0.2, 0) is 5.88 Å². The molecule has 0 heterocycles. The monoisotopic (exact) mass is 277 g/mol. The van der Waals surface area contributed by atoms with Gasteiger partial charge in [-0.1, -0.05) is 12.1 Å². The van der Waals surface area contributed by atoms with E-state index in [2.05, 4.69) is 5.32 Å². The lowest BCUT2D eigenvalue weighted by Gasteiger charge is -2.09. The summed E-state index contributed by atoms with van der Waals surface area (Å²) in [6, 6.07) is 11.3. The fraction of sp³-hybridized carbons (Fsp3) is 0.133. The van der Waals surface area contributed by atoms with E-state index < -0.39 is 0 Å². The van der Waals surface area contributed by atoms with E-state index in [1.165, 1.54) is 12.1 Å². The molecule has 19 heavy (non-hydrogen) atoms. The number of anilines is 1. The van der Waals surface area contributed by atoms with Crippen molar-refractivity contribution in [3.8, 4) is 0 Å². The van der Waals surface area contributed by atoms with Crippen LogP contribution in [0.4, 0.5) is 10.1 Å². The van der Waals surface area contributed by atoms with Crippen molar-refractivity contribution in [3.05, 3.63) is 65.0 Å². The van der Waals surface area contributed by atoms with Crippen LogP contribution in [0, 0.1) is 12.7 Å². The first-order chi connectivity index (χ1) is 9.10. The normalized spacial score (nSPS) is 10.3. The van der Waals surface area contributed by atoms with Gasteiger partial charge < -0.3 is 5.32 Å². The van der Waals surface area contributed by atoms with Crippen molar-refractivity contribution in [1.29, 1.82) is 0 Å². The number of carbonyl (C=O) groups is 1. The second-order valence-electron chi connectivity index (χ2n) is 4.25. The lowest BCUT2D eigenvalue weighted by molar-refractivity contribution is 0.102. The molecule has 0 bridgehead atoms. The van der Waals surface area contributed by atoms with Crippen LogP contribution >= 0.6 is 11.6 Å². The number of benzene rings is 2. The highest BCUT2D eigenvalue weighted by Crippen LogP contribution is 2.17. The third kappa shape index (κ3) is 3.32. The van der Waals surface area contributed by atoms with E-state index in [-0.39, 0.29) is 11.7 Å². The minimum Gasteiger partial charge on any atom is -0.322 e. The van der Waals surface area contributed by atoms with Gasteiger partial charge in [-0.25, -0.2) is 4.39 Å². The summed E-state index contributed by atoms with van der Waals surface area (Å²) in [5, 5.41) is 2.76. The second kappa shape index (κ2) is 5.85. The first-order valence-corrected chi connectivity index (χ1v) is 6.36. The molecule has 0 aliphatic heterocycles. The van der Waals surface area contributed by atoms with E-state index in [0.29, 0.717) is 22.7 Å². The minimum absolute atomic E-state index is 0.235. The van der Waals surface area contributed by atoms with Gasteiger partial charge in [0.05, 0.1) is 0 Å². The molecule has 1 N–H and O–H groups in total. The first-order valence-electron chi connectivity index (χ1n) is 5.82. The number of nitrogens with one attached hydrogen (secondary N) is 1. The summed E-state index contributed by atoms with van der Waals surface area (Å²) in [6.45, 7) is 1.74. The Labute approximate surface area is 116 Å². The van der Waals surface area contributed by atoms with E-state index in [9.17, 15) is 9.18 Å². The molecule has 2 aromatic carbocycles. The molecule has 2 aromatic rings. The SMILES string of the molecule is Cc1cc(F)ccc1NC(=O)c1cccc(CCl)c1. The highest BCUT2D eigenvalue weighted by Gasteiger charge is 2.08. The van der Waals surface area contributed by atoms with Crippen molar-refractivity contribution in [2.45, 2.75) is 12.8 Å². The topological polar surface area (TPSA) is 29.1 Å². The van der Waals surface area contributed by atoms with Crippen LogP contribution in [0.25, 0.3) is 0 Å². The molecule has 0 atom stereocenters. The maximum Gasteiger partial charge on any atom is 0.255 e. The van der Waals surface area contributed by atoms with E-state index in [0.717, 1.165) is 5.56 Å². The number of aryl methyl sites for hydroxylation is 1. The second-order valence-corrected chi connectivity index (χ2v) is 4.51. The molecule has 98 valence electrons. The van der Waals surface area contributed by atoms with Crippen molar-refractivity contribution in [3.63, 3.8) is 0 Å². The third-order valence-electron chi connectivity index (χ3n) is 2.78. The average molecular weight is 278 g/mol. The van der Waals surface area contributed by atoms with Crippen LogP contribution in [0.5, 0.6) is 0 Å². The molecule has 0 saturated heterocycles. The number of alkyl halides is 1. The summed E-state index contributed by atoms with van der Waals surface area (Å²) in [4.78, 5) is 12.1. The van der Waals surface area contributed by atoms with Gasteiger partial charge in [0.15, 0.2) is 0 Å². The maximum absolute atomic E-state index is 13.0. The van der Waals surface area contributed by atoms with Crippen LogP contribution in [-0.4, -0.2) is 5.91 Å². The Kier molecular flexibility index (Phi) is 4.17. The van der Waals surface area contributed by atoms with Gasteiger partial charge in [0.2, 0.25) is 0 Å². The molecule has 2 nitrogen and oxygen atoms in total. The molecule has 0 aliphatic rings. The molecule has 0 aliphatic carbocycles. The molecule has 2 rings (SSSR count). The van der Waals surface area contributed by atoms with Crippen molar-refractivity contribution in [1.82, 2.24) is 0 Å². The van der Waals surface area contributed by atoms with Crippen LogP contribution in [0.3, 0.4) is 0 Å². The number of carbonyl (C=O) groups excluding carboxylic acids is 1. The summed E-state index contributed by atoms with van der Waals surface area (Å²) in [6.07, 6.45) is 0. The minimum atomic E-state index is -0.320. The number of halogens is 2. The van der Waals surface area contributed by atoms with Gasteiger partial charge in [-0.3, -0.25) is 4.79 Å². The number of hydrogen-bond acceptors (Lipinski definition) is 1. The van der Waals surface area contributed by atoms with Gasteiger partial charge >= 0.3 is 0 Å². The van der Waals surface area contributed by atoms with Crippen molar-refractivity contribution >= 4 is 23.2 Å². The highest BCUT2D eigenvalue weighted by atomic mass is 35.5. The van der Waals surface area contributed by atoms with Crippen molar-refractivity contribution < 1.29 is 9.18 Å². The van der Waals surface area contributed by atoms with Crippen LogP contribution in [0.15, 0.2) is 42.5 Å². The first kappa shape index (κ1) is 13.6. The predicted octanol–water partition coefficient (Wildman–Crippen LogP) is 4.13. The Morgan fingerprint density at radius 3 is 2.74 bits per heavy atom. The highest BCUT2D eigenvalue weighted by molar-refractivity contribution is 6.17. The molecular weight excluding hydrogens is 265 g/mol. The molecular formula is C15H13ClFNO. The van der Waals surface area contributed by atoms with Crippen LogP contribution in [0.2, 0.25) is 0 Å². The van der Waals surface area contributed by atoms with Gasteiger partial charge in [-0.15, -0.1) is 11.6 Å². The van der Waals surface area contributed by atoms with Crippen LogP contribution < -0.4 is 5.32 Å². The summed E-state index contributed by atoms with van der Waals surface area (Å²) in [7, 11) is 0. The van der Waals surface area contributed by atoms with E-state index in [1.807, 2.05) is 6.07 Å². The smallest absolute Gasteiger partial charge is 0.255 e. The molecule has 0 fully saturated rings. The molecule has 0 unspecified atom stereocenters. The zero-order valence-electron chi connectivity index (χ0n) is 10.4. The summed E-state index contributed by atoms with van der Waals surface area (Å²) < 4.78 is 13.0. The Bertz CT molecular complexity index is 613. The van der Waals surface area contributed by atoms with Crippen LogP contribution in [0.1, 0.15) is 21.5 Å². The Morgan fingerprint density at radius 2 is 2.05 bits per heavy atom. The summed E-state index contributed by atoms with van der Waals surface area (Å²) in [5.41, 5.74) is 2.69. The van der Waals surface area contributed by atoms with E-state index in [1.54, 1.807) is 31.2 Å². The fourth-order valence-corrected chi connectivity index (χ4v) is 1.92. The lowest BCUT2D eigenvalue weighted by Crippen LogP contribution is -2.13. The number of rotatable bonds is 3. The molecule has 0 aromatic heterocycles. The number of amides is 1.